The van der Waals surface area contributed by atoms with Crippen LogP contribution in [0.4, 0.5) is 5.69 Å². The number of nitrogens with zero attached hydrogens (tertiary/aromatic N) is 3. The van der Waals surface area contributed by atoms with E-state index in [0.717, 1.165) is 41.4 Å². The van der Waals surface area contributed by atoms with Crippen molar-refractivity contribution in [3.63, 3.8) is 0 Å². The van der Waals surface area contributed by atoms with E-state index in [4.69, 9.17) is 4.52 Å². The second kappa shape index (κ2) is 8.95. The van der Waals surface area contributed by atoms with E-state index >= 15 is 0 Å². The van der Waals surface area contributed by atoms with Gasteiger partial charge in [-0.3, -0.25) is 14.3 Å². The van der Waals surface area contributed by atoms with Gasteiger partial charge in [-0.05, 0) is 38.3 Å². The number of carbonyl (C=O) groups is 1. The molecule has 2 heterocycles. The van der Waals surface area contributed by atoms with E-state index in [1.807, 2.05) is 44.3 Å². The van der Waals surface area contributed by atoms with Crippen LogP contribution in [0.2, 0.25) is 0 Å². The Morgan fingerprint density at radius 2 is 2.00 bits per heavy atom. The molecule has 0 unspecified atom stereocenters. The fourth-order valence-electron chi connectivity index (χ4n) is 3.81. The van der Waals surface area contributed by atoms with Gasteiger partial charge in [0, 0.05) is 37.0 Å². The standard InChI is InChI=1S/C22H26N4O3S/c1-15-21(22(28)26(25(15)2)16-8-4-3-5-9-16)23-20(27)12-13-30-14-18-17-10-6-7-11-19(17)29-24-18/h3-5,8-9H,6-7,10-14H2,1-2H3,(H,23,27). The molecule has 30 heavy (non-hydrogen) atoms. The predicted molar refractivity (Wildman–Crippen MR) is 118 cm³/mol. The molecular weight excluding hydrogens is 400 g/mol. The van der Waals surface area contributed by atoms with Crippen molar-refractivity contribution in [3.8, 4) is 5.69 Å². The smallest absolute Gasteiger partial charge is 0.295 e. The Bertz CT molecular complexity index is 1100. The number of hydrogen-bond acceptors (Lipinski definition) is 5. The Kier molecular flexibility index (Phi) is 6.13. The molecule has 0 aliphatic heterocycles. The zero-order valence-electron chi connectivity index (χ0n) is 17.3. The van der Waals surface area contributed by atoms with Gasteiger partial charge in [-0.25, -0.2) is 4.68 Å². The largest absolute Gasteiger partial charge is 0.361 e. The SMILES string of the molecule is Cc1c(NC(=O)CCSCc2noc3c2CCCC3)c(=O)n(-c2ccccc2)n1C. The van der Waals surface area contributed by atoms with Gasteiger partial charge in [0.1, 0.15) is 11.4 Å². The van der Waals surface area contributed by atoms with Crippen LogP contribution in [0.5, 0.6) is 0 Å². The Balaban J connectivity index is 1.34. The Morgan fingerprint density at radius 1 is 1.23 bits per heavy atom. The molecule has 0 fully saturated rings. The number of rotatable bonds is 7. The van der Waals surface area contributed by atoms with Crippen LogP contribution in [0.1, 0.15) is 42.0 Å². The van der Waals surface area contributed by atoms with Crippen LogP contribution in [0, 0.1) is 6.92 Å². The second-order valence-corrected chi connectivity index (χ2v) is 8.63. The number of thioether (sulfide) groups is 1. The summed E-state index contributed by atoms with van der Waals surface area (Å²) < 4.78 is 8.76. The van der Waals surface area contributed by atoms with E-state index in [2.05, 4.69) is 10.5 Å². The predicted octanol–water partition coefficient (Wildman–Crippen LogP) is 3.61. The molecule has 1 amide bonds. The molecule has 1 aliphatic rings. The zero-order chi connectivity index (χ0) is 21.1. The summed E-state index contributed by atoms with van der Waals surface area (Å²) >= 11 is 1.66. The third kappa shape index (κ3) is 4.09. The molecule has 0 radical (unpaired) electrons. The van der Waals surface area contributed by atoms with Crippen LogP contribution in [0.15, 0.2) is 39.6 Å². The van der Waals surface area contributed by atoms with Gasteiger partial charge in [0.15, 0.2) is 0 Å². The minimum Gasteiger partial charge on any atom is -0.361 e. The number of aryl methyl sites for hydroxylation is 1. The summed E-state index contributed by atoms with van der Waals surface area (Å²) in [6.07, 6.45) is 4.71. The lowest BCUT2D eigenvalue weighted by Gasteiger charge is -2.09. The highest BCUT2D eigenvalue weighted by atomic mass is 32.2. The van der Waals surface area contributed by atoms with Crippen molar-refractivity contribution in [1.82, 2.24) is 14.5 Å². The maximum Gasteiger partial charge on any atom is 0.295 e. The quantitative estimate of drug-likeness (QED) is 0.584. The normalized spacial score (nSPS) is 13.3. The summed E-state index contributed by atoms with van der Waals surface area (Å²) in [5, 5.41) is 7.02. The van der Waals surface area contributed by atoms with Crippen LogP contribution in [0.25, 0.3) is 5.69 Å². The fourth-order valence-corrected chi connectivity index (χ4v) is 4.70. The van der Waals surface area contributed by atoms with E-state index < -0.39 is 0 Å². The average molecular weight is 427 g/mol. The lowest BCUT2D eigenvalue weighted by atomic mass is 9.97. The summed E-state index contributed by atoms with van der Waals surface area (Å²) in [5.41, 5.74) is 3.87. The first-order valence-corrected chi connectivity index (χ1v) is 11.4. The van der Waals surface area contributed by atoms with E-state index in [0.29, 0.717) is 17.9 Å². The van der Waals surface area contributed by atoms with Crippen molar-refractivity contribution in [2.24, 2.45) is 7.05 Å². The summed E-state index contributed by atoms with van der Waals surface area (Å²) in [6.45, 7) is 1.83. The summed E-state index contributed by atoms with van der Waals surface area (Å²) in [7, 11) is 1.81. The van der Waals surface area contributed by atoms with Crippen molar-refractivity contribution in [2.45, 2.75) is 44.8 Å². The molecule has 2 aromatic heterocycles. The molecule has 1 aliphatic carbocycles. The van der Waals surface area contributed by atoms with Crippen LogP contribution in [-0.4, -0.2) is 26.2 Å². The second-order valence-electron chi connectivity index (χ2n) is 7.53. The van der Waals surface area contributed by atoms with Crippen LogP contribution in [0.3, 0.4) is 0 Å². The highest BCUT2D eigenvalue weighted by Crippen LogP contribution is 2.26. The Morgan fingerprint density at radius 3 is 2.80 bits per heavy atom. The van der Waals surface area contributed by atoms with E-state index in [-0.39, 0.29) is 11.5 Å². The topological polar surface area (TPSA) is 82.1 Å². The molecule has 1 aromatic carbocycles. The van der Waals surface area contributed by atoms with E-state index in [1.54, 1.807) is 21.1 Å². The molecule has 0 spiro atoms. The van der Waals surface area contributed by atoms with Gasteiger partial charge in [0.2, 0.25) is 5.91 Å². The molecule has 7 nitrogen and oxygen atoms in total. The first-order chi connectivity index (χ1) is 14.6. The number of amides is 1. The average Bonchev–Trinajstić information content (AvgIpc) is 3.26. The van der Waals surface area contributed by atoms with E-state index in [9.17, 15) is 9.59 Å². The summed E-state index contributed by atoms with van der Waals surface area (Å²) in [5.74, 6) is 2.28. The van der Waals surface area contributed by atoms with Gasteiger partial charge in [0.05, 0.1) is 17.1 Å². The van der Waals surface area contributed by atoms with E-state index in [1.165, 1.54) is 18.4 Å². The minimum atomic E-state index is -0.226. The van der Waals surface area contributed by atoms with Gasteiger partial charge in [-0.1, -0.05) is 23.4 Å². The molecule has 1 N–H and O–H groups in total. The third-order valence-corrected chi connectivity index (χ3v) is 6.53. The zero-order valence-corrected chi connectivity index (χ0v) is 18.1. The fraction of sp³-hybridized carbons (Fsp3) is 0.409. The molecule has 4 rings (SSSR count). The number of hydrogen-bond donors (Lipinski definition) is 1. The number of carbonyl (C=O) groups excluding carboxylic acids is 1. The number of fused-ring (bicyclic) bond motifs is 1. The van der Waals surface area contributed by atoms with Crippen molar-refractivity contribution < 1.29 is 9.32 Å². The maximum atomic E-state index is 12.9. The Hall–Kier alpha value is -2.74. The molecule has 0 saturated carbocycles. The first-order valence-electron chi connectivity index (χ1n) is 10.2. The van der Waals surface area contributed by atoms with Crippen LogP contribution >= 0.6 is 11.8 Å². The highest BCUT2D eigenvalue weighted by molar-refractivity contribution is 7.98. The lowest BCUT2D eigenvalue weighted by molar-refractivity contribution is -0.115. The number of benzene rings is 1. The molecular formula is C22H26N4O3S. The van der Waals surface area contributed by atoms with Gasteiger partial charge < -0.3 is 9.84 Å². The number of nitrogens with one attached hydrogen (secondary N) is 1. The number of anilines is 1. The van der Waals surface area contributed by atoms with Crippen molar-refractivity contribution in [3.05, 3.63) is 63.4 Å². The summed E-state index contributed by atoms with van der Waals surface area (Å²) in [4.78, 5) is 25.3. The molecule has 3 aromatic rings. The Labute approximate surface area is 179 Å². The van der Waals surface area contributed by atoms with Crippen molar-refractivity contribution in [1.29, 1.82) is 0 Å². The van der Waals surface area contributed by atoms with Gasteiger partial charge in [-0.15, -0.1) is 0 Å². The molecule has 0 saturated heterocycles. The number of aromatic nitrogens is 3. The monoisotopic (exact) mass is 426 g/mol. The first kappa shape index (κ1) is 20.5. The van der Waals surface area contributed by atoms with Crippen molar-refractivity contribution >= 4 is 23.4 Å². The maximum absolute atomic E-state index is 12.9. The van der Waals surface area contributed by atoms with Crippen LogP contribution in [-0.2, 0) is 30.4 Å². The van der Waals surface area contributed by atoms with Crippen molar-refractivity contribution in [2.75, 3.05) is 11.1 Å². The molecule has 158 valence electrons. The van der Waals surface area contributed by atoms with Gasteiger partial charge in [0.25, 0.3) is 5.56 Å². The molecule has 8 heteroatoms. The van der Waals surface area contributed by atoms with Gasteiger partial charge in [-0.2, -0.15) is 11.8 Å². The minimum absolute atomic E-state index is 0.157. The molecule has 0 bridgehead atoms. The number of para-hydroxylation sites is 1. The molecule has 0 atom stereocenters. The summed E-state index contributed by atoms with van der Waals surface area (Å²) in [6, 6.07) is 9.40. The van der Waals surface area contributed by atoms with Gasteiger partial charge >= 0.3 is 0 Å². The lowest BCUT2D eigenvalue weighted by Crippen LogP contribution is -2.23. The van der Waals surface area contributed by atoms with Crippen LogP contribution < -0.4 is 10.9 Å². The highest BCUT2D eigenvalue weighted by Gasteiger charge is 2.20. The third-order valence-electron chi connectivity index (χ3n) is 5.56.